The van der Waals surface area contributed by atoms with Gasteiger partial charge in [-0.25, -0.2) is 9.59 Å². The van der Waals surface area contributed by atoms with Gasteiger partial charge in [0.1, 0.15) is 6.10 Å². The first-order valence-electron chi connectivity index (χ1n) is 5.27. The third-order valence-corrected chi connectivity index (χ3v) is 3.30. The lowest BCUT2D eigenvalue weighted by Gasteiger charge is -2.20. The van der Waals surface area contributed by atoms with Crippen LogP contribution < -0.4 is 0 Å². The van der Waals surface area contributed by atoms with Gasteiger partial charge in [0.15, 0.2) is 0 Å². The molecule has 0 saturated heterocycles. The highest BCUT2D eigenvalue weighted by Crippen LogP contribution is 2.45. The van der Waals surface area contributed by atoms with E-state index in [-0.39, 0.29) is 6.10 Å². The topological polar surface area (TPSA) is 63.6 Å². The molecule has 4 heteroatoms. The number of fused-ring (bicyclic) bond motifs is 2. The summed E-state index contributed by atoms with van der Waals surface area (Å²) in [4.78, 5) is 21.4. The van der Waals surface area contributed by atoms with E-state index in [2.05, 4.69) is 0 Å². The zero-order valence-corrected chi connectivity index (χ0v) is 8.39. The molecule has 0 heterocycles. The molecule has 0 spiro atoms. The van der Waals surface area contributed by atoms with Crippen LogP contribution in [0.1, 0.15) is 25.7 Å². The number of rotatable bonds is 3. The van der Waals surface area contributed by atoms with Crippen LogP contribution >= 0.6 is 0 Å². The van der Waals surface area contributed by atoms with Gasteiger partial charge in [0.25, 0.3) is 0 Å². The second-order valence-electron chi connectivity index (χ2n) is 4.32. The molecule has 0 aromatic heterocycles. The number of aliphatic carboxylic acids is 1. The first-order chi connectivity index (χ1) is 7.15. The van der Waals surface area contributed by atoms with E-state index < -0.39 is 11.9 Å². The third-order valence-electron chi connectivity index (χ3n) is 3.30. The maximum Gasteiger partial charge on any atom is 0.331 e. The Kier molecular flexibility index (Phi) is 2.75. The minimum absolute atomic E-state index is 0.0229. The van der Waals surface area contributed by atoms with E-state index in [0.29, 0.717) is 5.92 Å². The van der Waals surface area contributed by atoms with Crippen LogP contribution in [0.3, 0.4) is 0 Å². The van der Waals surface area contributed by atoms with Crippen LogP contribution in [-0.4, -0.2) is 23.1 Å². The largest absolute Gasteiger partial charge is 0.478 e. The quantitative estimate of drug-likeness (QED) is 0.564. The fourth-order valence-corrected chi connectivity index (χ4v) is 2.66. The van der Waals surface area contributed by atoms with Gasteiger partial charge in [0.2, 0.25) is 0 Å². The number of carbonyl (C=O) groups is 2. The number of hydrogen-bond donors (Lipinski definition) is 1. The molecule has 4 nitrogen and oxygen atoms in total. The number of hydrogen-bond acceptors (Lipinski definition) is 3. The monoisotopic (exact) mass is 210 g/mol. The van der Waals surface area contributed by atoms with Crippen LogP contribution in [0.4, 0.5) is 0 Å². The van der Waals surface area contributed by atoms with E-state index in [9.17, 15) is 9.59 Å². The summed E-state index contributed by atoms with van der Waals surface area (Å²) in [7, 11) is 0. The lowest BCUT2D eigenvalue weighted by molar-refractivity contribution is -0.145. The highest BCUT2D eigenvalue weighted by Gasteiger charge is 2.41. The molecule has 2 aliphatic rings. The molecule has 0 radical (unpaired) electrons. The summed E-state index contributed by atoms with van der Waals surface area (Å²) in [5, 5.41) is 8.33. The molecular formula is C11H14O4. The Hall–Kier alpha value is -1.32. The Labute approximate surface area is 87.9 Å². The van der Waals surface area contributed by atoms with E-state index in [1.54, 1.807) is 0 Å². The molecule has 1 N–H and O–H groups in total. The first kappa shape index (κ1) is 10.2. The molecule has 82 valence electrons. The standard InChI is InChI=1S/C11H14O4/c12-10(13)3-4-11(14)15-9-6-7-1-2-8(9)5-7/h3-4,7-9H,1-2,5-6H2,(H,12,13)/b4-3+/t7-,8+,9+/m0/s1. The highest BCUT2D eigenvalue weighted by atomic mass is 16.5. The molecule has 2 aliphatic carbocycles. The number of carboxylic acid groups (broad SMARTS) is 1. The van der Waals surface area contributed by atoms with Crippen LogP contribution in [0.25, 0.3) is 0 Å². The zero-order chi connectivity index (χ0) is 10.8. The molecular weight excluding hydrogens is 196 g/mol. The number of esters is 1. The Balaban J connectivity index is 1.82. The first-order valence-corrected chi connectivity index (χ1v) is 5.27. The predicted molar refractivity (Wildman–Crippen MR) is 52.1 cm³/mol. The van der Waals surface area contributed by atoms with Crippen molar-refractivity contribution in [1.82, 2.24) is 0 Å². The number of carboxylic acids is 1. The van der Waals surface area contributed by atoms with Crippen molar-refractivity contribution < 1.29 is 19.4 Å². The molecule has 2 bridgehead atoms. The van der Waals surface area contributed by atoms with E-state index in [1.165, 1.54) is 12.8 Å². The van der Waals surface area contributed by atoms with Crippen molar-refractivity contribution in [3.8, 4) is 0 Å². The van der Waals surface area contributed by atoms with Crippen LogP contribution in [0.15, 0.2) is 12.2 Å². The molecule has 15 heavy (non-hydrogen) atoms. The summed E-state index contributed by atoms with van der Waals surface area (Å²) in [6.45, 7) is 0. The number of ether oxygens (including phenoxy) is 1. The van der Waals surface area contributed by atoms with Crippen LogP contribution in [0, 0.1) is 11.8 Å². The Bertz CT molecular complexity index is 308. The van der Waals surface area contributed by atoms with Gasteiger partial charge in [-0.3, -0.25) is 0 Å². The third kappa shape index (κ3) is 2.37. The van der Waals surface area contributed by atoms with E-state index in [4.69, 9.17) is 9.84 Å². The van der Waals surface area contributed by atoms with Crippen molar-refractivity contribution >= 4 is 11.9 Å². The van der Waals surface area contributed by atoms with E-state index in [0.717, 1.165) is 30.9 Å². The fraction of sp³-hybridized carbons (Fsp3) is 0.636. The average Bonchev–Trinajstić information content (AvgIpc) is 2.76. The van der Waals surface area contributed by atoms with Crippen molar-refractivity contribution in [3.63, 3.8) is 0 Å². The SMILES string of the molecule is O=C(O)/C=C/C(=O)O[C@@H]1C[C@H]2CC[C@@H]1C2. The van der Waals surface area contributed by atoms with Gasteiger partial charge in [-0.15, -0.1) is 0 Å². The molecule has 0 amide bonds. The van der Waals surface area contributed by atoms with Gasteiger partial charge < -0.3 is 9.84 Å². The van der Waals surface area contributed by atoms with Gasteiger partial charge >= 0.3 is 11.9 Å². The van der Waals surface area contributed by atoms with Crippen molar-refractivity contribution in [2.24, 2.45) is 11.8 Å². The molecule has 0 aliphatic heterocycles. The van der Waals surface area contributed by atoms with E-state index >= 15 is 0 Å². The van der Waals surface area contributed by atoms with Gasteiger partial charge in [0.05, 0.1) is 0 Å². The second kappa shape index (κ2) is 4.04. The van der Waals surface area contributed by atoms with E-state index in [1.807, 2.05) is 0 Å². The molecule has 2 rings (SSSR count). The lowest BCUT2D eigenvalue weighted by atomic mass is 9.98. The molecule has 0 unspecified atom stereocenters. The fourth-order valence-electron chi connectivity index (χ4n) is 2.66. The van der Waals surface area contributed by atoms with Gasteiger partial charge in [-0.1, -0.05) is 0 Å². The van der Waals surface area contributed by atoms with Crippen molar-refractivity contribution in [3.05, 3.63) is 12.2 Å². The number of carbonyl (C=O) groups excluding carboxylic acids is 1. The predicted octanol–water partition coefficient (Wildman–Crippen LogP) is 1.36. The van der Waals surface area contributed by atoms with Crippen LogP contribution in [0.5, 0.6) is 0 Å². The molecule has 0 aromatic carbocycles. The summed E-state index contributed by atoms with van der Waals surface area (Å²) in [5.41, 5.74) is 0. The second-order valence-corrected chi connectivity index (χ2v) is 4.32. The van der Waals surface area contributed by atoms with Gasteiger partial charge in [-0.05, 0) is 37.5 Å². The van der Waals surface area contributed by atoms with Crippen molar-refractivity contribution in [1.29, 1.82) is 0 Å². The summed E-state index contributed by atoms with van der Waals surface area (Å²) in [6.07, 6.45) is 6.34. The normalized spacial score (nSPS) is 33.5. The smallest absolute Gasteiger partial charge is 0.331 e. The van der Waals surface area contributed by atoms with Crippen molar-refractivity contribution in [2.75, 3.05) is 0 Å². The molecule has 2 saturated carbocycles. The highest BCUT2D eigenvalue weighted by molar-refractivity contribution is 5.90. The van der Waals surface area contributed by atoms with Crippen molar-refractivity contribution in [2.45, 2.75) is 31.8 Å². The van der Waals surface area contributed by atoms with Crippen LogP contribution in [-0.2, 0) is 14.3 Å². The summed E-state index contributed by atoms with van der Waals surface area (Å²) < 4.78 is 5.21. The van der Waals surface area contributed by atoms with Gasteiger partial charge in [0, 0.05) is 12.2 Å². The van der Waals surface area contributed by atoms with Crippen LogP contribution in [0.2, 0.25) is 0 Å². The minimum atomic E-state index is -1.13. The Morgan fingerprint density at radius 1 is 1.20 bits per heavy atom. The zero-order valence-electron chi connectivity index (χ0n) is 8.39. The maximum absolute atomic E-state index is 11.2. The Morgan fingerprint density at radius 3 is 2.53 bits per heavy atom. The summed E-state index contributed by atoms with van der Waals surface area (Å²) in [6, 6.07) is 0. The maximum atomic E-state index is 11.2. The lowest BCUT2D eigenvalue weighted by Crippen LogP contribution is -2.23. The minimum Gasteiger partial charge on any atom is -0.478 e. The molecule has 0 aromatic rings. The Morgan fingerprint density at radius 2 is 2.00 bits per heavy atom. The average molecular weight is 210 g/mol. The van der Waals surface area contributed by atoms with Gasteiger partial charge in [-0.2, -0.15) is 0 Å². The molecule has 3 atom stereocenters. The molecule has 2 fully saturated rings. The summed E-state index contributed by atoms with van der Waals surface area (Å²) >= 11 is 0. The summed E-state index contributed by atoms with van der Waals surface area (Å²) in [5.74, 6) is -0.428.